The smallest absolute Gasteiger partial charge is 0.417 e. The molecule has 0 radical (unpaired) electrons. The van der Waals surface area contributed by atoms with Gasteiger partial charge in [0.2, 0.25) is 5.91 Å². The minimum Gasteiger partial charge on any atom is -0.477 e. The monoisotopic (exact) mass is 276 g/mol. The molecule has 0 saturated heterocycles. The molecule has 0 fully saturated rings. The van der Waals surface area contributed by atoms with Gasteiger partial charge in [-0.25, -0.2) is 9.59 Å². The Morgan fingerprint density at radius 2 is 2.10 bits per heavy atom. The fourth-order valence-corrected chi connectivity index (χ4v) is 1.84. The van der Waals surface area contributed by atoms with Gasteiger partial charge in [0, 0.05) is 6.92 Å². The number of nitrogens with one attached hydrogen (secondary N) is 2. The number of oxazole rings is 1. The molecular formula is C13H12N2O5. The number of carboxylic acids is 1. The van der Waals surface area contributed by atoms with Gasteiger partial charge in [0.05, 0.1) is 5.52 Å². The Bertz CT molecular complexity index is 782. The first kappa shape index (κ1) is 13.6. The fraction of sp³-hybridized carbons (Fsp3) is 0.154. The van der Waals surface area contributed by atoms with Gasteiger partial charge in [-0.2, -0.15) is 0 Å². The van der Waals surface area contributed by atoms with Gasteiger partial charge in [0.1, 0.15) is 5.70 Å². The molecule has 0 aliphatic rings. The molecule has 0 aliphatic carbocycles. The summed E-state index contributed by atoms with van der Waals surface area (Å²) in [6, 6.07) is 3.20. The Labute approximate surface area is 112 Å². The summed E-state index contributed by atoms with van der Waals surface area (Å²) >= 11 is 0. The van der Waals surface area contributed by atoms with Gasteiger partial charge in [0.15, 0.2) is 5.58 Å². The van der Waals surface area contributed by atoms with Gasteiger partial charge in [-0.1, -0.05) is 0 Å². The molecule has 0 saturated carbocycles. The van der Waals surface area contributed by atoms with Crippen LogP contribution in [-0.2, 0) is 9.59 Å². The summed E-state index contributed by atoms with van der Waals surface area (Å²) in [5.41, 5.74) is 1.86. The van der Waals surface area contributed by atoms with Crippen LogP contribution in [0, 0.1) is 6.92 Å². The first-order chi connectivity index (χ1) is 9.36. The van der Waals surface area contributed by atoms with Crippen LogP contribution in [0.1, 0.15) is 18.1 Å². The van der Waals surface area contributed by atoms with Crippen molar-refractivity contribution in [1.82, 2.24) is 10.3 Å². The van der Waals surface area contributed by atoms with Crippen LogP contribution in [0.3, 0.4) is 0 Å². The topological polar surface area (TPSA) is 112 Å². The Morgan fingerprint density at radius 3 is 2.70 bits per heavy atom. The predicted octanol–water partition coefficient (Wildman–Crippen LogP) is 0.991. The number of hydrogen-bond donors (Lipinski definition) is 3. The van der Waals surface area contributed by atoms with Gasteiger partial charge in [-0.3, -0.25) is 9.78 Å². The zero-order valence-corrected chi connectivity index (χ0v) is 10.8. The summed E-state index contributed by atoms with van der Waals surface area (Å²) in [6.45, 7) is 2.97. The second kappa shape index (κ2) is 5.04. The number of aryl methyl sites for hydroxylation is 1. The van der Waals surface area contributed by atoms with E-state index >= 15 is 0 Å². The first-order valence-corrected chi connectivity index (χ1v) is 5.73. The van der Waals surface area contributed by atoms with Crippen LogP contribution >= 0.6 is 0 Å². The van der Waals surface area contributed by atoms with E-state index in [0.717, 1.165) is 5.56 Å². The largest absolute Gasteiger partial charge is 0.477 e. The molecule has 3 N–H and O–H groups in total. The minimum absolute atomic E-state index is 0.255. The lowest BCUT2D eigenvalue weighted by molar-refractivity contribution is -0.134. The molecule has 2 aromatic rings. The highest BCUT2D eigenvalue weighted by Gasteiger charge is 2.11. The second-order valence-corrected chi connectivity index (χ2v) is 4.27. The number of carbonyl (C=O) groups excluding carboxylic acids is 1. The van der Waals surface area contributed by atoms with E-state index < -0.39 is 17.6 Å². The third kappa shape index (κ3) is 2.77. The summed E-state index contributed by atoms with van der Waals surface area (Å²) in [6.07, 6.45) is 1.29. The predicted molar refractivity (Wildman–Crippen MR) is 71.0 cm³/mol. The quantitative estimate of drug-likeness (QED) is 0.724. The number of aliphatic carboxylic acids is 1. The molecule has 1 amide bonds. The van der Waals surface area contributed by atoms with Crippen LogP contribution in [0.5, 0.6) is 0 Å². The van der Waals surface area contributed by atoms with Gasteiger partial charge < -0.3 is 14.8 Å². The molecule has 1 heterocycles. The third-order valence-corrected chi connectivity index (χ3v) is 2.60. The summed E-state index contributed by atoms with van der Waals surface area (Å²) in [7, 11) is 0. The lowest BCUT2D eigenvalue weighted by atomic mass is 10.1. The van der Waals surface area contributed by atoms with E-state index in [1.165, 1.54) is 19.1 Å². The Kier molecular flexibility index (Phi) is 3.43. The number of carbonyl (C=O) groups is 2. The number of carboxylic acid groups (broad SMARTS) is 1. The molecule has 1 aromatic carbocycles. The Balaban J connectivity index is 2.53. The molecular weight excluding hydrogens is 264 g/mol. The molecule has 0 unspecified atom stereocenters. The highest BCUT2D eigenvalue weighted by atomic mass is 16.4. The van der Waals surface area contributed by atoms with E-state index in [1.54, 1.807) is 13.0 Å². The first-order valence-electron chi connectivity index (χ1n) is 5.73. The number of amides is 1. The van der Waals surface area contributed by atoms with Crippen molar-refractivity contribution < 1.29 is 19.1 Å². The second-order valence-electron chi connectivity index (χ2n) is 4.27. The van der Waals surface area contributed by atoms with Crippen LogP contribution in [0.4, 0.5) is 0 Å². The number of aromatic nitrogens is 1. The van der Waals surface area contributed by atoms with Crippen molar-refractivity contribution in [1.29, 1.82) is 0 Å². The summed E-state index contributed by atoms with van der Waals surface area (Å²) in [5.74, 6) is -2.32. The van der Waals surface area contributed by atoms with E-state index in [0.29, 0.717) is 16.7 Å². The maximum Gasteiger partial charge on any atom is 0.417 e. The van der Waals surface area contributed by atoms with Crippen molar-refractivity contribution in [2.45, 2.75) is 13.8 Å². The molecule has 0 atom stereocenters. The maximum absolute atomic E-state index is 11.1. The molecule has 0 bridgehead atoms. The molecule has 20 heavy (non-hydrogen) atoms. The molecule has 7 nitrogen and oxygen atoms in total. The van der Waals surface area contributed by atoms with Crippen molar-refractivity contribution >= 4 is 29.1 Å². The Hall–Kier alpha value is -2.83. The highest BCUT2D eigenvalue weighted by Crippen LogP contribution is 2.19. The average molecular weight is 276 g/mol. The lowest BCUT2D eigenvalue weighted by Crippen LogP contribution is -2.24. The zero-order valence-electron chi connectivity index (χ0n) is 10.8. The van der Waals surface area contributed by atoms with Crippen molar-refractivity contribution in [3.05, 3.63) is 39.5 Å². The molecule has 1 aromatic heterocycles. The van der Waals surface area contributed by atoms with Gasteiger partial charge in [-0.15, -0.1) is 0 Å². The zero-order chi connectivity index (χ0) is 14.9. The van der Waals surface area contributed by atoms with Crippen LogP contribution in [-0.4, -0.2) is 22.0 Å². The summed E-state index contributed by atoms with van der Waals surface area (Å²) in [4.78, 5) is 35.7. The number of hydrogen-bond acceptors (Lipinski definition) is 4. The number of aromatic amines is 1. The standard InChI is InChI=1S/C13H12N2O5/c1-6-3-8(4-9(12(17)18)14-7(2)16)5-10-11(6)15-13(19)20-10/h3-5H,1-2H3,(H,14,16)(H,15,19)(H,17,18)/b9-4+. The van der Waals surface area contributed by atoms with Crippen LogP contribution < -0.4 is 11.1 Å². The maximum atomic E-state index is 11.1. The van der Waals surface area contributed by atoms with E-state index in [4.69, 9.17) is 9.52 Å². The number of fused-ring (bicyclic) bond motifs is 1. The molecule has 7 heteroatoms. The number of H-pyrrole nitrogens is 1. The fourth-order valence-electron chi connectivity index (χ4n) is 1.84. The van der Waals surface area contributed by atoms with Crippen LogP contribution in [0.25, 0.3) is 17.2 Å². The van der Waals surface area contributed by atoms with Crippen LogP contribution in [0.15, 0.2) is 27.0 Å². The van der Waals surface area contributed by atoms with Crippen molar-refractivity contribution in [3.63, 3.8) is 0 Å². The van der Waals surface area contributed by atoms with E-state index in [2.05, 4.69) is 10.3 Å². The highest BCUT2D eigenvalue weighted by molar-refractivity contribution is 5.96. The summed E-state index contributed by atoms with van der Waals surface area (Å²) < 4.78 is 4.94. The minimum atomic E-state index is -1.26. The van der Waals surface area contributed by atoms with E-state index in [9.17, 15) is 14.4 Å². The SMILES string of the molecule is CC(=O)N/C(=C/c1cc(C)c2[nH]c(=O)oc2c1)C(=O)O. The number of rotatable bonds is 3. The van der Waals surface area contributed by atoms with Gasteiger partial charge >= 0.3 is 11.7 Å². The third-order valence-electron chi connectivity index (χ3n) is 2.60. The molecule has 0 spiro atoms. The molecule has 2 rings (SSSR count). The van der Waals surface area contributed by atoms with E-state index in [-0.39, 0.29) is 5.70 Å². The Morgan fingerprint density at radius 1 is 1.40 bits per heavy atom. The van der Waals surface area contributed by atoms with Crippen LogP contribution in [0.2, 0.25) is 0 Å². The van der Waals surface area contributed by atoms with Gasteiger partial charge in [-0.05, 0) is 36.3 Å². The van der Waals surface area contributed by atoms with Gasteiger partial charge in [0.25, 0.3) is 0 Å². The lowest BCUT2D eigenvalue weighted by Gasteiger charge is -2.04. The molecule has 104 valence electrons. The molecule has 0 aliphatic heterocycles. The van der Waals surface area contributed by atoms with E-state index in [1.807, 2.05) is 0 Å². The number of benzene rings is 1. The average Bonchev–Trinajstić information content (AvgIpc) is 2.68. The van der Waals surface area contributed by atoms with Crippen molar-refractivity contribution in [3.8, 4) is 0 Å². The summed E-state index contributed by atoms with van der Waals surface area (Å²) in [5, 5.41) is 11.2. The normalized spacial score (nSPS) is 11.6. The van der Waals surface area contributed by atoms with Crippen molar-refractivity contribution in [2.75, 3.05) is 0 Å². The van der Waals surface area contributed by atoms with Crippen molar-refractivity contribution in [2.24, 2.45) is 0 Å².